The number of carboxylic acid groups (broad SMARTS) is 1. The Kier molecular flexibility index (Phi) is 5.76. The van der Waals surface area contributed by atoms with E-state index in [2.05, 4.69) is 40.0 Å². The summed E-state index contributed by atoms with van der Waals surface area (Å²) in [6, 6.07) is 16.2. The summed E-state index contributed by atoms with van der Waals surface area (Å²) in [7, 11) is 1.58. The number of carboxylic acids is 1. The Morgan fingerprint density at radius 3 is 2.29 bits per heavy atom. The third-order valence-corrected chi connectivity index (χ3v) is 7.00. The molecule has 0 bridgehead atoms. The first-order chi connectivity index (χ1) is 16.9. The third-order valence-electron chi connectivity index (χ3n) is 7.00. The van der Waals surface area contributed by atoms with Crippen molar-refractivity contribution >= 4 is 23.8 Å². The van der Waals surface area contributed by atoms with Crippen molar-refractivity contribution in [3.63, 3.8) is 0 Å². The molecule has 5 rings (SSSR count). The summed E-state index contributed by atoms with van der Waals surface area (Å²) in [6.07, 6.45) is 2.75. The van der Waals surface area contributed by atoms with Crippen LogP contribution < -0.4 is 10.6 Å². The maximum atomic E-state index is 13.0. The van der Waals surface area contributed by atoms with Crippen LogP contribution in [-0.4, -0.2) is 46.0 Å². The number of nitrogens with zero attached hydrogens (tertiary/aromatic N) is 2. The summed E-state index contributed by atoms with van der Waals surface area (Å²) < 4.78 is 6.92. The minimum Gasteiger partial charge on any atom is -0.477 e. The van der Waals surface area contributed by atoms with Gasteiger partial charge in [0.25, 0.3) is 0 Å². The number of hydrogen-bond acceptors (Lipinski definition) is 5. The Hall–Kier alpha value is -4.14. The highest BCUT2D eigenvalue weighted by molar-refractivity contribution is 6.01. The van der Waals surface area contributed by atoms with E-state index in [0.29, 0.717) is 12.8 Å². The van der Waals surface area contributed by atoms with Crippen molar-refractivity contribution in [1.82, 2.24) is 15.1 Å². The predicted octanol–water partition coefficient (Wildman–Crippen LogP) is 3.77. The van der Waals surface area contributed by atoms with Crippen molar-refractivity contribution in [2.75, 3.05) is 18.5 Å². The number of nitrogens with one attached hydrogen (secondary N) is 2. The van der Waals surface area contributed by atoms with Gasteiger partial charge in [-0.05, 0) is 35.1 Å². The Balaban J connectivity index is 1.21. The second kappa shape index (κ2) is 8.90. The molecular weight excluding hydrogens is 448 g/mol. The van der Waals surface area contributed by atoms with Crippen LogP contribution in [0.5, 0.6) is 0 Å². The van der Waals surface area contributed by atoms with Crippen LogP contribution in [0.15, 0.2) is 54.7 Å². The van der Waals surface area contributed by atoms with Gasteiger partial charge in [0.05, 0.1) is 5.41 Å². The molecule has 2 aliphatic rings. The number of ether oxygens (including phenoxy) is 1. The van der Waals surface area contributed by atoms with Gasteiger partial charge < -0.3 is 20.5 Å². The van der Waals surface area contributed by atoms with Gasteiger partial charge in [-0.1, -0.05) is 55.0 Å². The Bertz CT molecular complexity index is 1270. The van der Waals surface area contributed by atoms with Gasteiger partial charge in [0, 0.05) is 25.7 Å². The second-order valence-corrected chi connectivity index (χ2v) is 9.14. The number of fused-ring (bicyclic) bond motifs is 3. The lowest BCUT2D eigenvalue weighted by Gasteiger charge is -2.39. The fourth-order valence-electron chi connectivity index (χ4n) is 4.96. The van der Waals surface area contributed by atoms with Gasteiger partial charge in [-0.2, -0.15) is 5.10 Å². The molecule has 2 aromatic carbocycles. The van der Waals surface area contributed by atoms with Crippen LogP contribution in [0.2, 0.25) is 0 Å². The van der Waals surface area contributed by atoms with E-state index >= 15 is 0 Å². The summed E-state index contributed by atoms with van der Waals surface area (Å²) in [5.74, 6) is -1.58. The molecule has 0 atom stereocenters. The molecular formula is C26H26N4O5. The fraction of sp³-hybridized carbons (Fsp3) is 0.308. The average molecular weight is 475 g/mol. The van der Waals surface area contributed by atoms with Crippen LogP contribution in [0, 0.1) is 5.41 Å². The van der Waals surface area contributed by atoms with E-state index in [1.165, 1.54) is 10.9 Å². The molecule has 0 saturated heterocycles. The van der Waals surface area contributed by atoms with Gasteiger partial charge in [0.15, 0.2) is 5.82 Å². The first kappa shape index (κ1) is 22.6. The van der Waals surface area contributed by atoms with Gasteiger partial charge in [0.1, 0.15) is 12.2 Å². The van der Waals surface area contributed by atoms with Gasteiger partial charge in [-0.3, -0.25) is 9.48 Å². The number of carbonyl (C=O) groups is 3. The molecule has 35 heavy (non-hydrogen) atoms. The Morgan fingerprint density at radius 2 is 1.71 bits per heavy atom. The number of anilines is 1. The smallest absolute Gasteiger partial charge is 0.407 e. The van der Waals surface area contributed by atoms with Crippen molar-refractivity contribution in [2.24, 2.45) is 12.5 Å². The summed E-state index contributed by atoms with van der Waals surface area (Å²) in [5, 5.41) is 18.8. The van der Waals surface area contributed by atoms with Crippen molar-refractivity contribution in [3.05, 3.63) is 71.4 Å². The fourth-order valence-corrected chi connectivity index (χ4v) is 4.96. The lowest BCUT2D eigenvalue weighted by atomic mass is 9.68. The van der Waals surface area contributed by atoms with E-state index in [9.17, 15) is 19.5 Å². The Morgan fingerprint density at radius 1 is 1.09 bits per heavy atom. The molecule has 1 heterocycles. The molecule has 0 radical (unpaired) electrons. The van der Waals surface area contributed by atoms with Crippen molar-refractivity contribution in [3.8, 4) is 11.1 Å². The quantitative estimate of drug-likeness (QED) is 0.479. The second-order valence-electron chi connectivity index (χ2n) is 9.14. The van der Waals surface area contributed by atoms with Crippen molar-refractivity contribution in [2.45, 2.75) is 25.2 Å². The largest absolute Gasteiger partial charge is 0.477 e. The van der Waals surface area contributed by atoms with E-state index < -0.39 is 17.5 Å². The minimum atomic E-state index is -1.17. The molecule has 3 N–H and O–H groups in total. The maximum Gasteiger partial charge on any atom is 0.407 e. The molecule has 1 fully saturated rings. The minimum absolute atomic E-state index is 0.00239. The summed E-state index contributed by atoms with van der Waals surface area (Å²) in [4.78, 5) is 37.0. The van der Waals surface area contributed by atoms with Crippen LogP contribution in [0.25, 0.3) is 11.1 Å². The lowest BCUT2D eigenvalue weighted by molar-refractivity contribution is -0.129. The van der Waals surface area contributed by atoms with Crippen molar-refractivity contribution in [1.29, 1.82) is 0 Å². The first-order valence-electron chi connectivity index (χ1n) is 11.6. The standard InChI is InChI=1S/C26H26N4O5/c1-30-13-20(23(31)32)22(29-30)28-24(33)26(11-6-12-26)15-27-25(34)35-14-21-18-9-4-2-7-16(18)17-8-3-5-10-19(17)21/h2-5,7-10,13,21H,6,11-12,14-15H2,1H3,(H,27,34)(H,31,32)(H,28,29,33). The highest BCUT2D eigenvalue weighted by atomic mass is 16.5. The van der Waals surface area contributed by atoms with Gasteiger partial charge >= 0.3 is 12.1 Å². The van der Waals surface area contributed by atoms with Gasteiger partial charge in [0.2, 0.25) is 5.91 Å². The number of amides is 2. The van der Waals surface area contributed by atoms with Gasteiger partial charge in [-0.25, -0.2) is 9.59 Å². The molecule has 2 amide bonds. The topological polar surface area (TPSA) is 123 Å². The van der Waals surface area contributed by atoms with Crippen LogP contribution in [0.1, 0.15) is 46.7 Å². The first-order valence-corrected chi connectivity index (χ1v) is 11.6. The lowest BCUT2D eigenvalue weighted by Crippen LogP contribution is -2.50. The number of benzene rings is 2. The number of aromatic carboxylic acids is 1. The van der Waals surface area contributed by atoms with E-state index in [0.717, 1.165) is 28.7 Å². The van der Waals surface area contributed by atoms with Crippen LogP contribution in [0.3, 0.4) is 0 Å². The highest BCUT2D eigenvalue weighted by Crippen LogP contribution is 2.44. The number of rotatable bonds is 7. The summed E-state index contributed by atoms with van der Waals surface area (Å²) in [5.41, 5.74) is 3.65. The number of aromatic nitrogens is 2. The van der Waals surface area contributed by atoms with Crippen LogP contribution in [-0.2, 0) is 16.6 Å². The predicted molar refractivity (Wildman–Crippen MR) is 128 cm³/mol. The van der Waals surface area contributed by atoms with E-state index in [1.54, 1.807) is 7.05 Å². The van der Waals surface area contributed by atoms with E-state index in [-0.39, 0.29) is 36.4 Å². The molecule has 180 valence electrons. The molecule has 9 heteroatoms. The van der Waals surface area contributed by atoms with Gasteiger partial charge in [-0.15, -0.1) is 0 Å². The zero-order chi connectivity index (χ0) is 24.6. The zero-order valence-electron chi connectivity index (χ0n) is 19.3. The summed E-state index contributed by atoms with van der Waals surface area (Å²) in [6.45, 7) is 0.291. The monoisotopic (exact) mass is 474 g/mol. The number of hydrogen-bond donors (Lipinski definition) is 3. The molecule has 3 aromatic rings. The molecule has 0 spiro atoms. The van der Waals surface area contributed by atoms with Crippen molar-refractivity contribution < 1.29 is 24.2 Å². The normalized spacial score (nSPS) is 15.5. The van der Waals surface area contributed by atoms with Crippen LogP contribution in [0.4, 0.5) is 10.6 Å². The Labute approximate surface area is 202 Å². The van der Waals surface area contributed by atoms with Crippen LogP contribution >= 0.6 is 0 Å². The molecule has 9 nitrogen and oxygen atoms in total. The highest BCUT2D eigenvalue weighted by Gasteiger charge is 2.45. The molecule has 2 aliphatic carbocycles. The molecule has 1 saturated carbocycles. The SMILES string of the molecule is Cn1cc(C(=O)O)c(NC(=O)C2(CNC(=O)OCC3c4ccccc4-c4ccccc43)CCC2)n1. The third kappa shape index (κ3) is 4.14. The molecule has 0 aliphatic heterocycles. The van der Waals surface area contributed by atoms with E-state index in [4.69, 9.17) is 4.74 Å². The number of alkyl carbamates (subject to hydrolysis) is 1. The number of aryl methyl sites for hydroxylation is 1. The molecule has 1 aromatic heterocycles. The zero-order valence-corrected chi connectivity index (χ0v) is 19.3. The molecule has 0 unspecified atom stereocenters. The summed E-state index contributed by atoms with van der Waals surface area (Å²) >= 11 is 0. The number of carbonyl (C=O) groups excluding carboxylic acids is 2. The average Bonchev–Trinajstić information content (AvgIpc) is 3.34. The van der Waals surface area contributed by atoms with E-state index in [1.807, 2.05) is 24.3 Å². The maximum absolute atomic E-state index is 13.0.